The van der Waals surface area contributed by atoms with Crippen molar-refractivity contribution in [3.63, 3.8) is 0 Å². The first kappa shape index (κ1) is 16.7. The van der Waals surface area contributed by atoms with Crippen LogP contribution in [0.1, 0.15) is 17.2 Å². The molecule has 0 saturated carbocycles. The fourth-order valence-electron chi connectivity index (χ4n) is 2.99. The minimum atomic E-state index is 0.185. The van der Waals surface area contributed by atoms with Gasteiger partial charge in [0.05, 0.1) is 11.6 Å². The number of rotatable bonds is 5. The molecule has 0 amide bonds. The number of anilines is 1. The van der Waals surface area contributed by atoms with E-state index in [0.717, 1.165) is 39.3 Å². The van der Waals surface area contributed by atoms with Crippen molar-refractivity contribution in [3.8, 4) is 0 Å². The maximum atomic E-state index is 6.41. The van der Waals surface area contributed by atoms with Gasteiger partial charge in [0.25, 0.3) is 0 Å². The van der Waals surface area contributed by atoms with Gasteiger partial charge in [0, 0.05) is 28.8 Å². The van der Waals surface area contributed by atoms with Gasteiger partial charge in [-0.15, -0.1) is 0 Å². The van der Waals surface area contributed by atoms with Gasteiger partial charge in [-0.1, -0.05) is 48.0 Å². The number of para-hydroxylation sites is 1. The van der Waals surface area contributed by atoms with Gasteiger partial charge in [0.1, 0.15) is 0 Å². The highest BCUT2D eigenvalue weighted by Gasteiger charge is 2.17. The molecular formula is C20H22ClN3. The van der Waals surface area contributed by atoms with Crippen LogP contribution in [0, 0.1) is 6.92 Å². The first-order valence-corrected chi connectivity index (χ1v) is 8.45. The molecule has 0 fully saturated rings. The number of halogens is 1. The van der Waals surface area contributed by atoms with E-state index < -0.39 is 0 Å². The van der Waals surface area contributed by atoms with Crippen LogP contribution in [-0.4, -0.2) is 30.5 Å². The molecule has 1 N–H and O–H groups in total. The Labute approximate surface area is 148 Å². The lowest BCUT2D eigenvalue weighted by Gasteiger charge is -2.27. The zero-order valence-corrected chi connectivity index (χ0v) is 15.0. The topological polar surface area (TPSA) is 28.2 Å². The molecule has 2 aromatic carbocycles. The summed E-state index contributed by atoms with van der Waals surface area (Å²) >= 11 is 6.41. The molecule has 0 spiro atoms. The first-order valence-electron chi connectivity index (χ1n) is 8.07. The minimum absolute atomic E-state index is 0.185. The Morgan fingerprint density at radius 3 is 2.54 bits per heavy atom. The van der Waals surface area contributed by atoms with Gasteiger partial charge in [-0.25, -0.2) is 0 Å². The van der Waals surface area contributed by atoms with Crippen molar-refractivity contribution in [2.75, 3.05) is 26.0 Å². The van der Waals surface area contributed by atoms with E-state index in [2.05, 4.69) is 48.4 Å². The summed E-state index contributed by atoms with van der Waals surface area (Å²) in [6.45, 7) is 2.85. The molecular weight excluding hydrogens is 318 g/mol. The average Bonchev–Trinajstić information content (AvgIpc) is 2.58. The molecule has 1 unspecified atom stereocenters. The Morgan fingerprint density at radius 1 is 1.08 bits per heavy atom. The average molecular weight is 340 g/mol. The third kappa shape index (κ3) is 3.37. The van der Waals surface area contributed by atoms with Crippen LogP contribution in [-0.2, 0) is 0 Å². The molecule has 1 heterocycles. The van der Waals surface area contributed by atoms with Crippen LogP contribution in [0.15, 0.2) is 54.7 Å². The van der Waals surface area contributed by atoms with Gasteiger partial charge < -0.3 is 10.2 Å². The molecule has 0 aliphatic heterocycles. The van der Waals surface area contributed by atoms with Crippen molar-refractivity contribution in [1.29, 1.82) is 0 Å². The maximum Gasteiger partial charge on any atom is 0.0722 e. The molecule has 1 atom stereocenters. The van der Waals surface area contributed by atoms with Crippen LogP contribution in [0.3, 0.4) is 0 Å². The van der Waals surface area contributed by atoms with E-state index in [1.54, 1.807) is 0 Å². The second-order valence-electron chi connectivity index (χ2n) is 6.22. The van der Waals surface area contributed by atoms with Crippen molar-refractivity contribution in [2.24, 2.45) is 0 Å². The zero-order valence-electron chi connectivity index (χ0n) is 14.3. The van der Waals surface area contributed by atoms with Gasteiger partial charge in [0.2, 0.25) is 0 Å². The van der Waals surface area contributed by atoms with Crippen LogP contribution in [0.5, 0.6) is 0 Å². The fourth-order valence-corrected chi connectivity index (χ4v) is 3.25. The number of hydrogen-bond donors (Lipinski definition) is 1. The van der Waals surface area contributed by atoms with Gasteiger partial charge in [-0.3, -0.25) is 4.98 Å². The molecule has 1 aromatic heterocycles. The van der Waals surface area contributed by atoms with Crippen LogP contribution >= 0.6 is 11.6 Å². The summed E-state index contributed by atoms with van der Waals surface area (Å²) < 4.78 is 0. The summed E-state index contributed by atoms with van der Waals surface area (Å²) in [5, 5.41) is 5.57. The number of likely N-dealkylation sites (N-methyl/N-ethyl adjacent to an activating group) is 1. The van der Waals surface area contributed by atoms with Crippen molar-refractivity contribution < 1.29 is 0 Å². The molecule has 4 heteroatoms. The second-order valence-corrected chi connectivity index (χ2v) is 6.62. The van der Waals surface area contributed by atoms with Crippen LogP contribution < -0.4 is 5.32 Å². The van der Waals surface area contributed by atoms with E-state index in [1.165, 1.54) is 0 Å². The van der Waals surface area contributed by atoms with E-state index in [-0.39, 0.29) is 6.04 Å². The number of aromatic nitrogens is 1. The first-order chi connectivity index (χ1) is 11.6. The molecule has 3 nitrogen and oxygen atoms in total. The van der Waals surface area contributed by atoms with Crippen molar-refractivity contribution >= 4 is 28.2 Å². The number of aryl methyl sites for hydroxylation is 1. The molecule has 3 aromatic rings. The van der Waals surface area contributed by atoms with Crippen LogP contribution in [0.2, 0.25) is 5.02 Å². The Bertz CT molecular complexity index is 845. The van der Waals surface area contributed by atoms with E-state index >= 15 is 0 Å². The van der Waals surface area contributed by atoms with E-state index in [0.29, 0.717) is 0 Å². The highest BCUT2D eigenvalue weighted by Crippen LogP contribution is 2.29. The Balaban J connectivity index is 1.91. The Morgan fingerprint density at radius 2 is 1.79 bits per heavy atom. The predicted molar refractivity (Wildman–Crippen MR) is 103 cm³/mol. The number of hydrogen-bond acceptors (Lipinski definition) is 3. The number of benzene rings is 2. The largest absolute Gasteiger partial charge is 0.382 e. The second kappa shape index (κ2) is 7.20. The summed E-state index contributed by atoms with van der Waals surface area (Å²) in [5.74, 6) is 0. The minimum Gasteiger partial charge on any atom is -0.382 e. The molecule has 0 saturated heterocycles. The Kier molecular flexibility index (Phi) is 5.03. The quantitative estimate of drug-likeness (QED) is 0.715. The summed E-state index contributed by atoms with van der Waals surface area (Å²) in [7, 11) is 4.15. The van der Waals surface area contributed by atoms with Crippen molar-refractivity contribution in [1.82, 2.24) is 9.88 Å². The molecule has 0 bridgehead atoms. The molecule has 3 rings (SSSR count). The Hall–Kier alpha value is -2.10. The predicted octanol–water partition coefficient (Wildman–Crippen LogP) is 4.91. The lowest BCUT2D eigenvalue weighted by molar-refractivity contribution is 0.312. The normalized spacial score (nSPS) is 12.5. The number of nitrogens with zero attached hydrogens (tertiary/aromatic N) is 2. The van der Waals surface area contributed by atoms with Crippen LogP contribution in [0.25, 0.3) is 10.9 Å². The smallest absolute Gasteiger partial charge is 0.0722 e. The fraction of sp³-hybridized carbons (Fsp3) is 0.250. The van der Waals surface area contributed by atoms with Gasteiger partial charge >= 0.3 is 0 Å². The molecule has 0 radical (unpaired) electrons. The lowest BCUT2D eigenvalue weighted by Crippen LogP contribution is -2.27. The van der Waals surface area contributed by atoms with Gasteiger partial charge in [-0.2, -0.15) is 0 Å². The number of fused-ring (bicyclic) bond motifs is 1. The third-order valence-electron chi connectivity index (χ3n) is 4.32. The summed E-state index contributed by atoms with van der Waals surface area (Å²) in [6, 6.07) is 16.4. The summed E-state index contributed by atoms with van der Waals surface area (Å²) in [4.78, 5) is 6.69. The van der Waals surface area contributed by atoms with Gasteiger partial charge in [-0.05, 0) is 44.3 Å². The zero-order chi connectivity index (χ0) is 17.1. The summed E-state index contributed by atoms with van der Waals surface area (Å²) in [6.07, 6.45) is 1.92. The highest BCUT2D eigenvalue weighted by molar-refractivity contribution is 6.31. The lowest BCUT2D eigenvalue weighted by atomic mass is 10.0. The number of pyridine rings is 1. The van der Waals surface area contributed by atoms with E-state index in [9.17, 15) is 0 Å². The van der Waals surface area contributed by atoms with E-state index in [4.69, 9.17) is 11.6 Å². The maximum absolute atomic E-state index is 6.41. The molecule has 24 heavy (non-hydrogen) atoms. The molecule has 124 valence electrons. The van der Waals surface area contributed by atoms with Crippen molar-refractivity contribution in [3.05, 3.63) is 70.9 Å². The van der Waals surface area contributed by atoms with Crippen LogP contribution in [0.4, 0.5) is 5.69 Å². The molecule has 0 aliphatic carbocycles. The van der Waals surface area contributed by atoms with E-state index in [1.807, 2.05) is 42.6 Å². The standard InChI is InChI=1S/C20H22ClN3/c1-14-12-22-18-11-7-5-9-16(18)20(14)23-13-19(24(2)3)15-8-4-6-10-17(15)21/h4-12,19H,13H2,1-3H3,(H,22,23). The van der Waals surface area contributed by atoms with Crippen molar-refractivity contribution in [2.45, 2.75) is 13.0 Å². The highest BCUT2D eigenvalue weighted by atomic mass is 35.5. The third-order valence-corrected chi connectivity index (χ3v) is 4.67. The number of nitrogens with one attached hydrogen (secondary N) is 1. The monoisotopic (exact) mass is 339 g/mol. The van der Waals surface area contributed by atoms with Gasteiger partial charge in [0.15, 0.2) is 0 Å². The molecule has 0 aliphatic rings. The summed E-state index contributed by atoms with van der Waals surface area (Å²) in [5.41, 5.74) is 4.42. The SMILES string of the molecule is Cc1cnc2ccccc2c1NCC(c1ccccc1Cl)N(C)C.